The number of amides is 2. The van der Waals surface area contributed by atoms with Crippen molar-refractivity contribution in [3.63, 3.8) is 0 Å². The monoisotopic (exact) mass is 451 g/mol. The lowest BCUT2D eigenvalue weighted by Gasteiger charge is -2.37. The van der Waals surface area contributed by atoms with Crippen LogP contribution in [0.15, 0.2) is 28.7 Å². The lowest BCUT2D eigenvalue weighted by atomic mass is 10.1. The standard InChI is InChI=1S/C13H12BrF6N3O3/c1-2-26-10(25)21-11(12(15,16)17,13(18,19)20)23-22-9(24)7-3-5-8(14)6-4-7/h3-6,23H,2H2,1H3,(H,21,25)(H,22,24). The molecule has 0 bridgehead atoms. The fourth-order valence-corrected chi connectivity index (χ4v) is 1.88. The Morgan fingerprint density at radius 2 is 1.54 bits per heavy atom. The van der Waals surface area contributed by atoms with Crippen LogP contribution in [0.25, 0.3) is 0 Å². The van der Waals surface area contributed by atoms with Crippen molar-refractivity contribution in [3.05, 3.63) is 34.3 Å². The summed E-state index contributed by atoms with van der Waals surface area (Å²) >= 11 is 3.05. The molecule has 0 unspecified atom stereocenters. The number of benzene rings is 1. The van der Waals surface area contributed by atoms with Crippen LogP contribution < -0.4 is 16.2 Å². The number of alkyl carbamates (subject to hydrolysis) is 1. The summed E-state index contributed by atoms with van der Waals surface area (Å²) in [7, 11) is 0. The smallest absolute Gasteiger partial charge is 0.436 e. The van der Waals surface area contributed by atoms with Gasteiger partial charge in [-0.1, -0.05) is 15.9 Å². The van der Waals surface area contributed by atoms with Gasteiger partial charge in [-0.2, -0.15) is 31.8 Å². The summed E-state index contributed by atoms with van der Waals surface area (Å²) in [5, 5.41) is 0.683. The molecule has 0 aliphatic heterocycles. The van der Waals surface area contributed by atoms with Crippen LogP contribution in [-0.2, 0) is 4.74 Å². The van der Waals surface area contributed by atoms with E-state index in [0.717, 1.165) is 17.6 Å². The van der Waals surface area contributed by atoms with Gasteiger partial charge in [0.1, 0.15) is 0 Å². The number of nitrogens with one attached hydrogen (secondary N) is 3. The molecule has 0 saturated carbocycles. The van der Waals surface area contributed by atoms with Gasteiger partial charge in [0.25, 0.3) is 5.91 Å². The van der Waals surface area contributed by atoms with Gasteiger partial charge in [0.05, 0.1) is 6.61 Å². The lowest BCUT2D eigenvalue weighted by Crippen LogP contribution is -2.78. The van der Waals surface area contributed by atoms with Gasteiger partial charge in [-0.15, -0.1) is 0 Å². The minimum absolute atomic E-state index is 0.227. The highest BCUT2D eigenvalue weighted by Crippen LogP contribution is 2.41. The molecule has 0 aliphatic carbocycles. The first-order valence-corrected chi connectivity index (χ1v) is 7.55. The largest absolute Gasteiger partial charge is 0.450 e. The van der Waals surface area contributed by atoms with E-state index in [0.29, 0.717) is 9.79 Å². The first-order chi connectivity index (χ1) is 11.8. The van der Waals surface area contributed by atoms with E-state index in [4.69, 9.17) is 0 Å². The predicted molar refractivity (Wildman–Crippen MR) is 79.7 cm³/mol. The zero-order valence-corrected chi connectivity index (χ0v) is 14.5. The van der Waals surface area contributed by atoms with Crippen LogP contribution in [0.2, 0.25) is 0 Å². The highest BCUT2D eigenvalue weighted by molar-refractivity contribution is 9.10. The summed E-state index contributed by atoms with van der Waals surface area (Å²) in [5.74, 6) is -1.29. The second-order valence-electron chi connectivity index (χ2n) is 4.68. The number of carbonyl (C=O) groups excluding carboxylic acids is 2. The fourth-order valence-electron chi connectivity index (χ4n) is 1.62. The summed E-state index contributed by atoms with van der Waals surface area (Å²) in [6, 6.07) is 5.02. The van der Waals surface area contributed by atoms with Gasteiger partial charge in [0, 0.05) is 10.0 Å². The lowest BCUT2D eigenvalue weighted by molar-refractivity contribution is -0.317. The molecule has 146 valence electrons. The van der Waals surface area contributed by atoms with E-state index >= 15 is 0 Å². The van der Waals surface area contributed by atoms with Crippen molar-refractivity contribution in [1.82, 2.24) is 16.2 Å². The van der Waals surface area contributed by atoms with Crippen molar-refractivity contribution in [3.8, 4) is 0 Å². The van der Waals surface area contributed by atoms with Gasteiger partial charge in [-0.3, -0.25) is 15.5 Å². The van der Waals surface area contributed by atoms with Crippen LogP contribution in [0, 0.1) is 0 Å². The quantitative estimate of drug-likeness (QED) is 0.364. The Hall–Kier alpha value is -2.02. The molecule has 0 heterocycles. The van der Waals surface area contributed by atoms with Gasteiger partial charge in [-0.25, -0.2) is 4.79 Å². The molecule has 0 spiro atoms. The SMILES string of the molecule is CCOC(=O)NC(NNC(=O)c1ccc(Br)cc1)(C(F)(F)F)C(F)(F)F. The average molecular weight is 452 g/mol. The third-order valence-corrected chi connectivity index (χ3v) is 3.41. The number of hydrazine groups is 1. The number of halogens is 7. The van der Waals surface area contributed by atoms with E-state index < -0.39 is 36.6 Å². The molecule has 0 saturated heterocycles. The van der Waals surface area contributed by atoms with Gasteiger partial charge in [0.15, 0.2) is 0 Å². The maximum absolute atomic E-state index is 13.2. The van der Waals surface area contributed by atoms with Crippen molar-refractivity contribution in [2.24, 2.45) is 0 Å². The number of carbonyl (C=O) groups is 2. The third-order valence-electron chi connectivity index (χ3n) is 2.89. The van der Waals surface area contributed by atoms with Crippen molar-refractivity contribution < 1.29 is 40.7 Å². The van der Waals surface area contributed by atoms with Crippen LogP contribution in [0.4, 0.5) is 31.1 Å². The number of alkyl halides is 6. The summed E-state index contributed by atoms with van der Waals surface area (Å²) in [6.45, 7) is 0.716. The zero-order valence-electron chi connectivity index (χ0n) is 12.9. The van der Waals surface area contributed by atoms with Crippen molar-refractivity contribution in [2.75, 3.05) is 6.61 Å². The van der Waals surface area contributed by atoms with E-state index in [-0.39, 0.29) is 5.56 Å². The van der Waals surface area contributed by atoms with Crippen molar-refractivity contribution in [2.45, 2.75) is 24.9 Å². The number of hydrogen-bond acceptors (Lipinski definition) is 4. The maximum Gasteiger partial charge on any atom is 0.436 e. The van der Waals surface area contributed by atoms with Crippen LogP contribution >= 0.6 is 15.9 Å². The number of ether oxygens (including phenoxy) is 1. The zero-order chi connectivity index (χ0) is 20.2. The molecule has 0 aliphatic rings. The van der Waals surface area contributed by atoms with Gasteiger partial charge in [-0.05, 0) is 31.2 Å². The van der Waals surface area contributed by atoms with Crippen LogP contribution in [0.5, 0.6) is 0 Å². The fraction of sp³-hybridized carbons (Fsp3) is 0.385. The molecule has 0 radical (unpaired) electrons. The molecule has 0 aromatic heterocycles. The topological polar surface area (TPSA) is 79.5 Å². The minimum atomic E-state index is -6.06. The van der Waals surface area contributed by atoms with E-state index in [1.54, 1.807) is 0 Å². The van der Waals surface area contributed by atoms with E-state index in [2.05, 4.69) is 20.7 Å². The second kappa shape index (κ2) is 8.12. The summed E-state index contributed by atoms with van der Waals surface area (Å²) < 4.78 is 83.6. The molecule has 26 heavy (non-hydrogen) atoms. The molecule has 1 rings (SSSR count). The average Bonchev–Trinajstić information content (AvgIpc) is 2.49. The second-order valence-corrected chi connectivity index (χ2v) is 5.59. The molecule has 3 N–H and O–H groups in total. The van der Waals surface area contributed by atoms with Crippen molar-refractivity contribution >= 4 is 27.9 Å². The van der Waals surface area contributed by atoms with E-state index in [1.807, 2.05) is 0 Å². The van der Waals surface area contributed by atoms with Crippen molar-refractivity contribution in [1.29, 1.82) is 0 Å². The summed E-state index contributed by atoms with van der Waals surface area (Å²) in [4.78, 5) is 23.0. The maximum atomic E-state index is 13.2. The summed E-state index contributed by atoms with van der Waals surface area (Å²) in [5.41, 5.74) is -3.04. The molecule has 6 nitrogen and oxygen atoms in total. The van der Waals surface area contributed by atoms with Crippen LogP contribution in [0.1, 0.15) is 17.3 Å². The Morgan fingerprint density at radius 3 is 1.96 bits per heavy atom. The normalized spacial score (nSPS) is 12.5. The molecule has 13 heteroatoms. The summed E-state index contributed by atoms with van der Waals surface area (Å²) in [6.07, 6.45) is -14.1. The highest BCUT2D eigenvalue weighted by atomic mass is 79.9. The molecule has 2 amide bonds. The Bertz CT molecular complexity index is 634. The van der Waals surface area contributed by atoms with Gasteiger partial charge in [0.2, 0.25) is 0 Å². The molecule has 0 fully saturated rings. The van der Waals surface area contributed by atoms with E-state index in [9.17, 15) is 35.9 Å². The Labute approximate surface area is 151 Å². The first-order valence-electron chi connectivity index (χ1n) is 6.75. The van der Waals surface area contributed by atoms with Crippen LogP contribution in [-0.4, -0.2) is 36.6 Å². The Kier molecular flexibility index (Phi) is 6.88. The predicted octanol–water partition coefficient (Wildman–Crippen LogP) is 3.25. The Morgan fingerprint density at radius 1 is 1.04 bits per heavy atom. The number of hydrogen-bond donors (Lipinski definition) is 3. The third kappa shape index (κ3) is 5.00. The Balaban J connectivity index is 3.13. The molecular weight excluding hydrogens is 440 g/mol. The van der Waals surface area contributed by atoms with Gasteiger partial charge >= 0.3 is 24.1 Å². The first kappa shape index (κ1) is 22.0. The van der Waals surface area contributed by atoms with E-state index in [1.165, 1.54) is 24.5 Å². The number of rotatable bonds is 5. The van der Waals surface area contributed by atoms with Crippen LogP contribution in [0.3, 0.4) is 0 Å². The molecular formula is C13H12BrF6N3O3. The van der Waals surface area contributed by atoms with Gasteiger partial charge < -0.3 is 4.74 Å². The molecule has 0 atom stereocenters. The highest BCUT2D eigenvalue weighted by Gasteiger charge is 2.73. The molecule has 1 aromatic rings. The molecule has 1 aromatic carbocycles. The minimum Gasteiger partial charge on any atom is -0.450 e.